The maximum atomic E-state index is 12.4. The quantitative estimate of drug-likeness (QED) is 0.791. The van der Waals surface area contributed by atoms with Crippen molar-refractivity contribution < 1.29 is 9.59 Å². The van der Waals surface area contributed by atoms with Crippen molar-refractivity contribution >= 4 is 23.3 Å². The second-order valence-electron chi connectivity index (χ2n) is 5.54. The minimum absolute atomic E-state index is 0.0414. The van der Waals surface area contributed by atoms with Crippen molar-refractivity contribution in [3.05, 3.63) is 60.7 Å². The van der Waals surface area contributed by atoms with Crippen LogP contribution in [0.15, 0.2) is 60.7 Å². The van der Waals surface area contributed by atoms with Crippen LogP contribution in [-0.2, 0) is 4.79 Å². The number of para-hydroxylation sites is 2. The topological polar surface area (TPSA) is 70.2 Å². The van der Waals surface area contributed by atoms with Gasteiger partial charge in [-0.05, 0) is 30.2 Å². The van der Waals surface area contributed by atoms with Crippen LogP contribution >= 0.6 is 0 Å². The predicted octanol–water partition coefficient (Wildman–Crippen LogP) is 3.47. The van der Waals surface area contributed by atoms with Gasteiger partial charge in [-0.1, -0.05) is 50.2 Å². The highest BCUT2D eigenvalue weighted by Crippen LogP contribution is 2.10. The fourth-order valence-electron chi connectivity index (χ4n) is 2.11. The highest BCUT2D eigenvalue weighted by Gasteiger charge is 2.24. The number of urea groups is 1. The number of carbonyl (C=O) groups excluding carboxylic acids is 2. The second kappa shape index (κ2) is 7.98. The van der Waals surface area contributed by atoms with Crippen molar-refractivity contribution in [3.8, 4) is 0 Å². The number of hydrogen-bond acceptors (Lipinski definition) is 2. The van der Waals surface area contributed by atoms with Crippen molar-refractivity contribution in [1.82, 2.24) is 5.32 Å². The van der Waals surface area contributed by atoms with Gasteiger partial charge in [0.15, 0.2) is 0 Å². The van der Waals surface area contributed by atoms with E-state index < -0.39 is 12.1 Å². The molecule has 0 heterocycles. The Bertz CT molecular complexity index is 642. The molecule has 0 aliphatic carbocycles. The molecule has 3 amide bonds. The molecule has 0 aliphatic rings. The molecule has 0 fully saturated rings. The Hall–Kier alpha value is -2.82. The Balaban J connectivity index is 1.98. The maximum Gasteiger partial charge on any atom is 0.319 e. The lowest BCUT2D eigenvalue weighted by molar-refractivity contribution is -0.118. The number of amides is 3. The molecule has 0 saturated carbocycles. The van der Waals surface area contributed by atoms with Gasteiger partial charge >= 0.3 is 6.03 Å². The monoisotopic (exact) mass is 311 g/mol. The summed E-state index contributed by atoms with van der Waals surface area (Å²) in [5.74, 6) is -0.283. The Morgan fingerprint density at radius 2 is 1.26 bits per heavy atom. The molecule has 0 radical (unpaired) electrons. The van der Waals surface area contributed by atoms with Crippen LogP contribution in [0.1, 0.15) is 13.8 Å². The Labute approximate surface area is 136 Å². The third-order valence-corrected chi connectivity index (χ3v) is 3.31. The molecule has 1 atom stereocenters. The summed E-state index contributed by atoms with van der Waals surface area (Å²) in [7, 11) is 0. The van der Waals surface area contributed by atoms with Gasteiger partial charge in [0, 0.05) is 11.4 Å². The molecule has 2 aromatic rings. The van der Waals surface area contributed by atoms with Crippen LogP contribution in [-0.4, -0.2) is 18.0 Å². The van der Waals surface area contributed by atoms with Crippen LogP contribution < -0.4 is 16.0 Å². The van der Waals surface area contributed by atoms with E-state index in [9.17, 15) is 9.59 Å². The number of nitrogens with one attached hydrogen (secondary N) is 3. The number of anilines is 2. The van der Waals surface area contributed by atoms with Crippen LogP contribution in [0.2, 0.25) is 0 Å². The molecule has 0 aromatic heterocycles. The van der Waals surface area contributed by atoms with Gasteiger partial charge in [0.05, 0.1) is 0 Å². The summed E-state index contributed by atoms with van der Waals surface area (Å²) >= 11 is 0. The van der Waals surface area contributed by atoms with Crippen molar-refractivity contribution in [2.24, 2.45) is 5.92 Å². The number of rotatable bonds is 5. The summed E-state index contributed by atoms with van der Waals surface area (Å²) < 4.78 is 0. The molecule has 2 rings (SSSR count). The van der Waals surface area contributed by atoms with Gasteiger partial charge < -0.3 is 16.0 Å². The number of benzene rings is 2. The number of carbonyl (C=O) groups is 2. The highest BCUT2D eigenvalue weighted by atomic mass is 16.2. The van der Waals surface area contributed by atoms with Crippen molar-refractivity contribution in [3.63, 3.8) is 0 Å². The van der Waals surface area contributed by atoms with Crippen LogP contribution in [0.5, 0.6) is 0 Å². The van der Waals surface area contributed by atoms with Gasteiger partial charge in [0.2, 0.25) is 5.91 Å². The lowest BCUT2D eigenvalue weighted by Gasteiger charge is -2.22. The Morgan fingerprint density at radius 1 is 0.783 bits per heavy atom. The zero-order chi connectivity index (χ0) is 16.7. The Kier molecular flexibility index (Phi) is 5.74. The van der Waals surface area contributed by atoms with Gasteiger partial charge in [-0.2, -0.15) is 0 Å². The van der Waals surface area contributed by atoms with E-state index in [1.807, 2.05) is 50.2 Å². The van der Waals surface area contributed by atoms with Crippen LogP contribution in [0.25, 0.3) is 0 Å². The minimum Gasteiger partial charge on any atom is -0.326 e. The molecule has 0 bridgehead atoms. The maximum absolute atomic E-state index is 12.4. The van der Waals surface area contributed by atoms with E-state index in [-0.39, 0.29) is 11.8 Å². The summed E-state index contributed by atoms with van der Waals surface area (Å²) in [6, 6.07) is 17.2. The van der Waals surface area contributed by atoms with Gasteiger partial charge in [0.1, 0.15) is 6.04 Å². The first-order valence-corrected chi connectivity index (χ1v) is 7.54. The van der Waals surface area contributed by atoms with Gasteiger partial charge in [0.25, 0.3) is 0 Å². The molecule has 3 N–H and O–H groups in total. The van der Waals surface area contributed by atoms with Crippen LogP contribution in [0.4, 0.5) is 16.2 Å². The Morgan fingerprint density at radius 3 is 1.74 bits per heavy atom. The summed E-state index contributed by atoms with van der Waals surface area (Å²) in [6.07, 6.45) is 0. The smallest absolute Gasteiger partial charge is 0.319 e. The van der Waals surface area contributed by atoms with E-state index in [0.717, 1.165) is 0 Å². The third-order valence-electron chi connectivity index (χ3n) is 3.31. The third kappa shape index (κ3) is 5.14. The average Bonchev–Trinajstić information content (AvgIpc) is 2.54. The van der Waals surface area contributed by atoms with Crippen molar-refractivity contribution in [1.29, 1.82) is 0 Å². The van der Waals surface area contributed by atoms with E-state index >= 15 is 0 Å². The summed E-state index contributed by atoms with van der Waals surface area (Å²) in [5, 5.41) is 8.25. The zero-order valence-corrected chi connectivity index (χ0v) is 13.2. The average molecular weight is 311 g/mol. The molecule has 23 heavy (non-hydrogen) atoms. The normalized spacial score (nSPS) is 11.6. The molecule has 1 unspecified atom stereocenters. The fraction of sp³-hybridized carbons (Fsp3) is 0.222. The van der Waals surface area contributed by atoms with E-state index in [0.29, 0.717) is 11.4 Å². The molecule has 5 nitrogen and oxygen atoms in total. The first kappa shape index (κ1) is 16.5. The van der Waals surface area contributed by atoms with Gasteiger partial charge in [-0.15, -0.1) is 0 Å². The lowest BCUT2D eigenvalue weighted by Crippen LogP contribution is -2.48. The first-order valence-electron chi connectivity index (χ1n) is 7.54. The molecule has 5 heteroatoms. The summed E-state index contributed by atoms with van der Waals surface area (Å²) in [6.45, 7) is 3.77. The summed E-state index contributed by atoms with van der Waals surface area (Å²) in [5.41, 5.74) is 1.38. The van der Waals surface area contributed by atoms with E-state index in [2.05, 4.69) is 16.0 Å². The van der Waals surface area contributed by atoms with E-state index in [1.165, 1.54) is 0 Å². The van der Waals surface area contributed by atoms with Gasteiger partial charge in [-0.3, -0.25) is 4.79 Å². The summed E-state index contributed by atoms with van der Waals surface area (Å²) in [4.78, 5) is 24.5. The van der Waals surface area contributed by atoms with Gasteiger partial charge in [-0.25, -0.2) is 4.79 Å². The molecule has 0 spiro atoms. The van der Waals surface area contributed by atoms with Crippen LogP contribution in [0.3, 0.4) is 0 Å². The highest BCUT2D eigenvalue weighted by molar-refractivity contribution is 5.99. The zero-order valence-electron chi connectivity index (χ0n) is 13.2. The lowest BCUT2D eigenvalue weighted by atomic mass is 10.0. The molecule has 2 aromatic carbocycles. The van der Waals surface area contributed by atoms with Crippen LogP contribution in [0, 0.1) is 5.92 Å². The molecular formula is C18H21N3O2. The largest absolute Gasteiger partial charge is 0.326 e. The fourth-order valence-corrected chi connectivity index (χ4v) is 2.11. The predicted molar refractivity (Wildman–Crippen MR) is 92.3 cm³/mol. The standard InChI is InChI=1S/C18H21N3O2/c1-13(2)16(17(22)19-14-9-5-3-6-10-14)21-18(23)20-15-11-7-4-8-12-15/h3-13,16H,1-2H3,(H,19,22)(H2,20,21,23). The molecular weight excluding hydrogens is 290 g/mol. The van der Waals surface area contributed by atoms with Crippen molar-refractivity contribution in [2.75, 3.05) is 10.6 Å². The molecule has 0 saturated heterocycles. The second-order valence-corrected chi connectivity index (χ2v) is 5.54. The SMILES string of the molecule is CC(C)C(NC(=O)Nc1ccccc1)C(=O)Nc1ccccc1. The molecule has 120 valence electrons. The minimum atomic E-state index is -0.626. The van der Waals surface area contributed by atoms with E-state index in [4.69, 9.17) is 0 Å². The van der Waals surface area contributed by atoms with Crippen molar-refractivity contribution in [2.45, 2.75) is 19.9 Å². The van der Waals surface area contributed by atoms with E-state index in [1.54, 1.807) is 24.3 Å². The molecule has 0 aliphatic heterocycles. The number of hydrogen-bond donors (Lipinski definition) is 3. The first-order chi connectivity index (χ1) is 11.1.